The van der Waals surface area contributed by atoms with E-state index in [1.54, 1.807) is 12.4 Å². The van der Waals surface area contributed by atoms with Gasteiger partial charge in [0.2, 0.25) is 0 Å². The minimum Gasteiger partial charge on any atom is -0.333 e. The highest BCUT2D eigenvalue weighted by molar-refractivity contribution is 5.96. The number of likely N-dealkylation sites (tertiary alicyclic amines) is 1. The zero-order chi connectivity index (χ0) is 19.4. The molecule has 2 bridgehead atoms. The van der Waals surface area contributed by atoms with Crippen molar-refractivity contribution in [3.8, 4) is 0 Å². The molecule has 4 aliphatic heterocycles. The molecule has 1 aromatic heterocycles. The third-order valence-electron chi connectivity index (χ3n) is 6.84. The van der Waals surface area contributed by atoms with Crippen LogP contribution in [0.3, 0.4) is 0 Å². The van der Waals surface area contributed by atoms with Crippen LogP contribution in [0.5, 0.6) is 0 Å². The van der Waals surface area contributed by atoms with Crippen molar-refractivity contribution in [2.45, 2.75) is 37.8 Å². The molecule has 4 fully saturated rings. The summed E-state index contributed by atoms with van der Waals surface area (Å²) in [5.41, 5.74) is 2.17. The molecular weight excluding hydrogens is 360 g/mol. The molecule has 0 radical (unpaired) electrons. The minimum atomic E-state index is -0.560. The van der Waals surface area contributed by atoms with Gasteiger partial charge >= 0.3 is 0 Å². The van der Waals surface area contributed by atoms with Crippen LogP contribution in [0.25, 0.3) is 0 Å². The van der Waals surface area contributed by atoms with E-state index in [9.17, 15) is 13.6 Å². The molecule has 5 heterocycles. The van der Waals surface area contributed by atoms with E-state index in [1.807, 2.05) is 17.9 Å². The molecule has 0 spiro atoms. The number of aromatic nitrogens is 1. The van der Waals surface area contributed by atoms with Crippen LogP contribution in [0.15, 0.2) is 36.7 Å². The van der Waals surface area contributed by atoms with Crippen molar-refractivity contribution in [2.24, 2.45) is 5.92 Å². The molecule has 146 valence electrons. The van der Waals surface area contributed by atoms with Gasteiger partial charge in [-0.15, -0.1) is 0 Å². The van der Waals surface area contributed by atoms with E-state index < -0.39 is 11.6 Å². The topological polar surface area (TPSA) is 36.4 Å². The summed E-state index contributed by atoms with van der Waals surface area (Å²) in [5, 5.41) is 0. The Balaban J connectivity index is 1.56. The third kappa shape index (κ3) is 2.73. The zero-order valence-corrected chi connectivity index (χ0v) is 15.8. The first-order chi connectivity index (χ1) is 13.5. The van der Waals surface area contributed by atoms with Gasteiger partial charge in [-0.1, -0.05) is 0 Å². The van der Waals surface area contributed by atoms with E-state index in [0.29, 0.717) is 23.6 Å². The number of hydrogen-bond acceptors (Lipinski definition) is 3. The second-order valence-electron chi connectivity index (χ2n) is 8.31. The summed E-state index contributed by atoms with van der Waals surface area (Å²) < 4.78 is 27.8. The molecule has 0 aliphatic carbocycles. The van der Waals surface area contributed by atoms with E-state index in [2.05, 4.69) is 9.88 Å². The molecule has 28 heavy (non-hydrogen) atoms. The number of fused-ring (bicyclic) bond motifs is 2. The molecule has 2 aromatic rings. The number of benzene rings is 1. The van der Waals surface area contributed by atoms with Crippen molar-refractivity contribution in [1.82, 2.24) is 14.8 Å². The van der Waals surface area contributed by atoms with Crippen LogP contribution in [-0.4, -0.2) is 52.4 Å². The number of aryl methyl sites for hydroxylation is 1. The Morgan fingerprint density at radius 3 is 2.50 bits per heavy atom. The standard InChI is InChI=1S/C22H23F2N3O/c1-13-2-5-25-11-18(13)22(28)27-12-19(15-8-16(23)10-17(24)9-15)21-20(27)14-3-6-26(21)7-4-14/h2,5,8-11,14,19-21H,3-4,6-7,12H2,1H3/t19-,20+,21+/m1/s1. The van der Waals surface area contributed by atoms with E-state index in [-0.39, 0.29) is 23.9 Å². The van der Waals surface area contributed by atoms with Crippen LogP contribution in [0.2, 0.25) is 0 Å². The highest BCUT2D eigenvalue weighted by atomic mass is 19.1. The van der Waals surface area contributed by atoms with E-state index in [0.717, 1.165) is 37.6 Å². The number of rotatable bonds is 2. The number of halogens is 2. The molecule has 6 rings (SSSR count). The fourth-order valence-electron chi connectivity index (χ4n) is 5.58. The number of hydrogen-bond donors (Lipinski definition) is 0. The largest absolute Gasteiger partial charge is 0.333 e. The molecule has 1 aromatic carbocycles. The summed E-state index contributed by atoms with van der Waals surface area (Å²) in [6.07, 6.45) is 5.46. The highest BCUT2D eigenvalue weighted by Crippen LogP contribution is 2.47. The molecule has 0 N–H and O–H groups in total. The van der Waals surface area contributed by atoms with Crippen LogP contribution in [0, 0.1) is 24.5 Å². The summed E-state index contributed by atoms with van der Waals surface area (Å²) in [7, 11) is 0. The summed E-state index contributed by atoms with van der Waals surface area (Å²) in [6, 6.07) is 5.82. The lowest BCUT2D eigenvalue weighted by Crippen LogP contribution is -2.60. The SMILES string of the molecule is Cc1ccncc1C(=O)N1C[C@H](c2cc(F)cc(F)c2)[C@H]2[C@@H]1C1CCN2CC1. The highest BCUT2D eigenvalue weighted by Gasteiger charge is 2.54. The van der Waals surface area contributed by atoms with Crippen molar-refractivity contribution >= 4 is 5.91 Å². The Hall–Kier alpha value is -2.34. The average Bonchev–Trinajstić information content (AvgIpc) is 3.11. The number of amides is 1. The van der Waals surface area contributed by atoms with Gasteiger partial charge in [-0.25, -0.2) is 8.78 Å². The zero-order valence-electron chi connectivity index (χ0n) is 15.8. The maximum absolute atomic E-state index is 13.9. The second-order valence-corrected chi connectivity index (χ2v) is 8.31. The summed E-state index contributed by atoms with van der Waals surface area (Å²) in [4.78, 5) is 21.9. The van der Waals surface area contributed by atoms with Crippen LogP contribution >= 0.6 is 0 Å². The lowest BCUT2D eigenvalue weighted by Gasteiger charge is -2.51. The maximum Gasteiger partial charge on any atom is 0.256 e. The average molecular weight is 383 g/mol. The van der Waals surface area contributed by atoms with E-state index in [4.69, 9.17) is 0 Å². The van der Waals surface area contributed by atoms with Crippen LogP contribution in [0.4, 0.5) is 8.78 Å². The quantitative estimate of drug-likeness (QED) is 0.798. The maximum atomic E-state index is 13.9. The fourth-order valence-corrected chi connectivity index (χ4v) is 5.58. The first-order valence-corrected chi connectivity index (χ1v) is 9.94. The van der Waals surface area contributed by atoms with Crippen molar-refractivity contribution in [1.29, 1.82) is 0 Å². The number of pyridine rings is 1. The third-order valence-corrected chi connectivity index (χ3v) is 6.84. The molecule has 0 saturated carbocycles. The van der Waals surface area contributed by atoms with Crippen molar-refractivity contribution in [2.75, 3.05) is 19.6 Å². The first-order valence-electron chi connectivity index (χ1n) is 9.94. The number of piperidine rings is 3. The van der Waals surface area contributed by atoms with Gasteiger partial charge in [-0.05, 0) is 68.1 Å². The molecule has 0 unspecified atom stereocenters. The first kappa shape index (κ1) is 17.7. The van der Waals surface area contributed by atoms with Gasteiger partial charge in [0.25, 0.3) is 5.91 Å². The predicted molar refractivity (Wildman–Crippen MR) is 101 cm³/mol. The van der Waals surface area contributed by atoms with Gasteiger partial charge < -0.3 is 4.90 Å². The Bertz CT molecular complexity index is 905. The molecule has 4 aliphatic rings. The Kier molecular flexibility index (Phi) is 4.19. The van der Waals surface area contributed by atoms with E-state index in [1.165, 1.54) is 12.1 Å². The van der Waals surface area contributed by atoms with Crippen molar-refractivity contribution in [3.63, 3.8) is 0 Å². The van der Waals surface area contributed by atoms with E-state index >= 15 is 0 Å². The Labute approximate surface area is 163 Å². The van der Waals surface area contributed by atoms with Gasteiger partial charge in [0.05, 0.1) is 11.6 Å². The van der Waals surface area contributed by atoms with Gasteiger partial charge in [0, 0.05) is 37.0 Å². The Morgan fingerprint density at radius 2 is 1.82 bits per heavy atom. The number of carbonyl (C=O) groups excluding carboxylic acids is 1. The monoisotopic (exact) mass is 383 g/mol. The smallest absolute Gasteiger partial charge is 0.256 e. The van der Waals surface area contributed by atoms with Gasteiger partial charge in [-0.3, -0.25) is 14.7 Å². The molecule has 4 nitrogen and oxygen atoms in total. The molecule has 6 heteroatoms. The van der Waals surface area contributed by atoms with Crippen LogP contribution in [0.1, 0.15) is 40.2 Å². The normalized spacial score (nSPS) is 31.1. The summed E-state index contributed by atoms with van der Waals surface area (Å²) in [5.74, 6) is -0.780. The van der Waals surface area contributed by atoms with Gasteiger partial charge in [-0.2, -0.15) is 0 Å². The van der Waals surface area contributed by atoms with Gasteiger partial charge in [0.15, 0.2) is 0 Å². The van der Waals surface area contributed by atoms with Crippen molar-refractivity contribution in [3.05, 3.63) is 65.0 Å². The Morgan fingerprint density at radius 1 is 1.11 bits per heavy atom. The lowest BCUT2D eigenvalue weighted by molar-refractivity contribution is -0.00347. The summed E-state index contributed by atoms with van der Waals surface area (Å²) >= 11 is 0. The molecule has 4 saturated heterocycles. The molecule has 1 amide bonds. The number of nitrogens with zero attached hydrogens (tertiary/aromatic N) is 3. The van der Waals surface area contributed by atoms with Crippen LogP contribution in [-0.2, 0) is 0 Å². The molecular formula is C22H23F2N3O. The van der Waals surface area contributed by atoms with Crippen LogP contribution < -0.4 is 0 Å². The number of carbonyl (C=O) groups is 1. The van der Waals surface area contributed by atoms with Crippen molar-refractivity contribution < 1.29 is 13.6 Å². The van der Waals surface area contributed by atoms with Gasteiger partial charge in [0.1, 0.15) is 11.6 Å². The predicted octanol–water partition coefficient (Wildman–Crippen LogP) is 3.37. The summed E-state index contributed by atoms with van der Waals surface area (Å²) in [6.45, 7) is 4.39. The lowest BCUT2D eigenvalue weighted by atomic mass is 9.75. The second kappa shape index (κ2) is 6.62. The fraction of sp³-hybridized carbons (Fsp3) is 0.455. The minimum absolute atomic E-state index is 0.0197. The molecule has 3 atom stereocenters.